The SMILES string of the molecule is Cc1cc(Cl)nn1CCCC(=O)O. The van der Waals surface area contributed by atoms with E-state index < -0.39 is 5.97 Å². The first-order valence-corrected chi connectivity index (χ1v) is 4.39. The van der Waals surface area contributed by atoms with Crippen LogP contribution in [0.5, 0.6) is 0 Å². The van der Waals surface area contributed by atoms with Crippen LogP contribution >= 0.6 is 11.6 Å². The van der Waals surface area contributed by atoms with Gasteiger partial charge in [-0.25, -0.2) is 0 Å². The maximum absolute atomic E-state index is 10.2. The van der Waals surface area contributed by atoms with Gasteiger partial charge in [-0.05, 0) is 19.4 Å². The van der Waals surface area contributed by atoms with Crippen LogP contribution in [-0.2, 0) is 11.3 Å². The van der Waals surface area contributed by atoms with Crippen molar-refractivity contribution in [3.05, 3.63) is 16.9 Å². The molecule has 13 heavy (non-hydrogen) atoms. The molecule has 0 fully saturated rings. The topological polar surface area (TPSA) is 55.1 Å². The lowest BCUT2D eigenvalue weighted by molar-refractivity contribution is -0.137. The van der Waals surface area contributed by atoms with Crippen molar-refractivity contribution in [3.8, 4) is 0 Å². The van der Waals surface area contributed by atoms with Gasteiger partial charge in [0, 0.05) is 18.7 Å². The van der Waals surface area contributed by atoms with Gasteiger partial charge < -0.3 is 5.11 Å². The Morgan fingerprint density at radius 3 is 2.92 bits per heavy atom. The zero-order chi connectivity index (χ0) is 9.84. The van der Waals surface area contributed by atoms with E-state index in [1.165, 1.54) is 0 Å². The van der Waals surface area contributed by atoms with Crippen molar-refractivity contribution >= 4 is 17.6 Å². The molecule has 0 aliphatic rings. The van der Waals surface area contributed by atoms with Gasteiger partial charge in [0.2, 0.25) is 0 Å². The van der Waals surface area contributed by atoms with Crippen LogP contribution in [0.1, 0.15) is 18.5 Å². The fourth-order valence-corrected chi connectivity index (χ4v) is 1.33. The molecule has 0 spiro atoms. The van der Waals surface area contributed by atoms with Crippen molar-refractivity contribution in [2.24, 2.45) is 0 Å². The molecule has 5 heteroatoms. The summed E-state index contributed by atoms with van der Waals surface area (Å²) in [6, 6.07) is 1.75. The molecule has 0 bridgehead atoms. The summed E-state index contributed by atoms with van der Waals surface area (Å²) in [5.74, 6) is -0.782. The van der Waals surface area contributed by atoms with Gasteiger partial charge in [-0.3, -0.25) is 9.48 Å². The van der Waals surface area contributed by atoms with Gasteiger partial charge in [0.15, 0.2) is 5.15 Å². The molecule has 1 aromatic rings. The highest BCUT2D eigenvalue weighted by Crippen LogP contribution is 2.09. The Labute approximate surface area is 81.1 Å². The standard InChI is InChI=1S/C8H11ClN2O2/c1-6-5-7(9)10-11(6)4-2-3-8(12)13/h5H,2-4H2,1H3,(H,12,13). The molecule has 0 aliphatic carbocycles. The van der Waals surface area contributed by atoms with Crippen molar-refractivity contribution in [2.75, 3.05) is 0 Å². The van der Waals surface area contributed by atoms with E-state index in [9.17, 15) is 4.79 Å². The van der Waals surface area contributed by atoms with Gasteiger partial charge in [0.1, 0.15) is 0 Å². The predicted molar refractivity (Wildman–Crippen MR) is 48.8 cm³/mol. The van der Waals surface area contributed by atoms with Crippen LogP contribution in [0.25, 0.3) is 0 Å². The molecule has 0 amide bonds. The molecular formula is C8H11ClN2O2. The average Bonchev–Trinajstić information content (AvgIpc) is 2.29. The number of hydrogen-bond acceptors (Lipinski definition) is 2. The Balaban J connectivity index is 2.45. The maximum atomic E-state index is 10.2. The highest BCUT2D eigenvalue weighted by molar-refractivity contribution is 6.29. The van der Waals surface area contributed by atoms with Crippen LogP contribution in [0.4, 0.5) is 0 Å². The van der Waals surface area contributed by atoms with Gasteiger partial charge in [-0.2, -0.15) is 5.10 Å². The third-order valence-electron chi connectivity index (χ3n) is 1.71. The second kappa shape index (κ2) is 4.28. The fourth-order valence-electron chi connectivity index (χ4n) is 1.08. The van der Waals surface area contributed by atoms with Crippen molar-refractivity contribution in [1.82, 2.24) is 9.78 Å². The molecule has 4 nitrogen and oxygen atoms in total. The second-order valence-corrected chi connectivity index (χ2v) is 3.22. The van der Waals surface area contributed by atoms with Gasteiger partial charge in [0.05, 0.1) is 0 Å². The van der Waals surface area contributed by atoms with E-state index in [1.807, 2.05) is 6.92 Å². The molecule has 0 radical (unpaired) electrons. The number of aliphatic carboxylic acids is 1. The number of rotatable bonds is 4. The van der Waals surface area contributed by atoms with E-state index in [4.69, 9.17) is 16.7 Å². The predicted octanol–water partition coefficient (Wildman–Crippen LogP) is 1.71. The summed E-state index contributed by atoms with van der Waals surface area (Å²) in [7, 11) is 0. The smallest absolute Gasteiger partial charge is 0.303 e. The first kappa shape index (κ1) is 10.1. The van der Waals surface area contributed by atoms with Crippen molar-refractivity contribution in [1.29, 1.82) is 0 Å². The lowest BCUT2D eigenvalue weighted by atomic mass is 10.3. The number of carbonyl (C=O) groups is 1. The second-order valence-electron chi connectivity index (χ2n) is 2.83. The van der Waals surface area contributed by atoms with Crippen LogP contribution < -0.4 is 0 Å². The molecule has 0 unspecified atom stereocenters. The van der Waals surface area contributed by atoms with Crippen molar-refractivity contribution in [3.63, 3.8) is 0 Å². The van der Waals surface area contributed by atoms with Crippen LogP contribution in [-0.4, -0.2) is 20.9 Å². The quantitative estimate of drug-likeness (QED) is 0.809. The zero-order valence-electron chi connectivity index (χ0n) is 7.33. The molecule has 0 saturated carbocycles. The number of nitrogens with zero attached hydrogens (tertiary/aromatic N) is 2. The third-order valence-corrected chi connectivity index (χ3v) is 1.90. The first-order valence-electron chi connectivity index (χ1n) is 4.01. The Morgan fingerprint density at radius 1 is 1.77 bits per heavy atom. The van der Waals surface area contributed by atoms with E-state index in [1.54, 1.807) is 10.7 Å². The number of carboxylic acids is 1. The lowest BCUT2D eigenvalue weighted by Gasteiger charge is -2.01. The van der Waals surface area contributed by atoms with Gasteiger partial charge >= 0.3 is 5.97 Å². The van der Waals surface area contributed by atoms with Gasteiger partial charge in [0.25, 0.3) is 0 Å². The summed E-state index contributed by atoms with van der Waals surface area (Å²) in [6.07, 6.45) is 0.741. The summed E-state index contributed by atoms with van der Waals surface area (Å²) in [5, 5.41) is 12.9. The largest absolute Gasteiger partial charge is 0.481 e. The fraction of sp³-hybridized carbons (Fsp3) is 0.500. The maximum Gasteiger partial charge on any atom is 0.303 e. The monoisotopic (exact) mass is 202 g/mol. The minimum atomic E-state index is -0.782. The number of halogens is 1. The summed E-state index contributed by atoms with van der Waals surface area (Å²) in [5.41, 5.74) is 0.954. The summed E-state index contributed by atoms with van der Waals surface area (Å²) in [6.45, 7) is 2.49. The number of carboxylic acid groups (broad SMARTS) is 1. The molecule has 0 atom stereocenters. The molecule has 0 saturated heterocycles. The van der Waals surface area contributed by atoms with Crippen molar-refractivity contribution < 1.29 is 9.90 Å². The van der Waals surface area contributed by atoms with E-state index in [0.717, 1.165) is 5.69 Å². The molecule has 1 N–H and O–H groups in total. The molecular weight excluding hydrogens is 192 g/mol. The Morgan fingerprint density at radius 2 is 2.46 bits per heavy atom. The van der Waals surface area contributed by atoms with Crippen molar-refractivity contribution in [2.45, 2.75) is 26.3 Å². The van der Waals surface area contributed by atoms with E-state index in [2.05, 4.69) is 5.10 Å². The molecule has 1 aromatic heterocycles. The summed E-state index contributed by atoms with van der Waals surface area (Å²) in [4.78, 5) is 10.2. The van der Waals surface area contributed by atoms with Crippen LogP contribution in [0.2, 0.25) is 5.15 Å². The summed E-state index contributed by atoms with van der Waals surface area (Å²) >= 11 is 5.66. The van der Waals surface area contributed by atoms with Crippen LogP contribution in [0, 0.1) is 6.92 Å². The molecule has 1 rings (SSSR count). The Bertz CT molecular complexity index is 309. The molecule has 72 valence electrons. The van der Waals surface area contributed by atoms with Crippen LogP contribution in [0.15, 0.2) is 6.07 Å². The highest BCUT2D eigenvalue weighted by atomic mass is 35.5. The average molecular weight is 203 g/mol. The van der Waals surface area contributed by atoms with Crippen LogP contribution in [0.3, 0.4) is 0 Å². The summed E-state index contributed by atoms with van der Waals surface area (Å²) < 4.78 is 1.71. The van der Waals surface area contributed by atoms with E-state index >= 15 is 0 Å². The molecule has 1 heterocycles. The number of hydrogen-bond donors (Lipinski definition) is 1. The molecule has 0 aliphatic heterocycles. The van der Waals surface area contributed by atoms with E-state index in [0.29, 0.717) is 18.1 Å². The van der Waals surface area contributed by atoms with E-state index in [-0.39, 0.29) is 6.42 Å². The normalized spacial score (nSPS) is 10.3. The minimum Gasteiger partial charge on any atom is -0.481 e. The third kappa shape index (κ3) is 3.06. The Hall–Kier alpha value is -1.03. The highest BCUT2D eigenvalue weighted by Gasteiger charge is 2.02. The van der Waals surface area contributed by atoms with Gasteiger partial charge in [-0.1, -0.05) is 11.6 Å². The minimum absolute atomic E-state index is 0.164. The lowest BCUT2D eigenvalue weighted by Crippen LogP contribution is -2.04. The number of aryl methyl sites for hydroxylation is 2. The van der Waals surface area contributed by atoms with Gasteiger partial charge in [-0.15, -0.1) is 0 Å². The zero-order valence-corrected chi connectivity index (χ0v) is 8.08. The molecule has 0 aromatic carbocycles. The first-order chi connectivity index (χ1) is 6.09. The number of aromatic nitrogens is 2. The Kier molecular flexibility index (Phi) is 3.31.